The zero-order valence-corrected chi connectivity index (χ0v) is 18.9. The van der Waals surface area contributed by atoms with E-state index < -0.39 is 11.6 Å². The lowest BCUT2D eigenvalue weighted by Gasteiger charge is -2.38. The largest absolute Gasteiger partial charge is 0.468 e. The molecule has 8 nitrogen and oxygen atoms in total. The molecule has 1 atom stereocenters. The van der Waals surface area contributed by atoms with Crippen LogP contribution in [0.1, 0.15) is 64.6 Å². The fourth-order valence-corrected chi connectivity index (χ4v) is 5.32. The summed E-state index contributed by atoms with van der Waals surface area (Å²) in [6.45, 7) is 2.62. The van der Waals surface area contributed by atoms with Crippen LogP contribution >= 0.6 is 0 Å². The fourth-order valence-electron chi connectivity index (χ4n) is 5.32. The van der Waals surface area contributed by atoms with Crippen LogP contribution < -0.4 is 5.32 Å². The molecule has 0 unspecified atom stereocenters. The number of piperidine rings is 1. The van der Waals surface area contributed by atoms with Crippen LogP contribution in [-0.4, -0.2) is 52.1 Å². The van der Waals surface area contributed by atoms with E-state index in [1.807, 2.05) is 0 Å². The number of benzene rings is 1. The molecule has 3 aliphatic rings. The molecule has 2 fully saturated rings. The molecule has 0 spiro atoms. The summed E-state index contributed by atoms with van der Waals surface area (Å²) in [4.78, 5) is 54.2. The van der Waals surface area contributed by atoms with Crippen molar-refractivity contribution < 1.29 is 28.0 Å². The molecule has 1 aromatic heterocycles. The lowest BCUT2D eigenvalue weighted by Crippen LogP contribution is -2.54. The van der Waals surface area contributed by atoms with Crippen molar-refractivity contribution in [3.63, 3.8) is 0 Å². The van der Waals surface area contributed by atoms with E-state index in [0.717, 1.165) is 11.3 Å². The summed E-state index contributed by atoms with van der Waals surface area (Å²) in [6.07, 6.45) is 4.26. The van der Waals surface area contributed by atoms with Crippen molar-refractivity contribution in [2.75, 3.05) is 13.1 Å². The number of aryl methyl sites for hydroxylation is 1. The minimum Gasteiger partial charge on any atom is -0.468 e. The van der Waals surface area contributed by atoms with Crippen LogP contribution in [-0.2, 0) is 17.8 Å². The number of hydrogen-bond acceptors (Lipinski definition) is 5. The van der Waals surface area contributed by atoms with Gasteiger partial charge in [-0.3, -0.25) is 19.3 Å². The molecule has 1 N–H and O–H groups in total. The Morgan fingerprint density at radius 2 is 1.85 bits per heavy atom. The van der Waals surface area contributed by atoms with E-state index >= 15 is 0 Å². The number of furan rings is 1. The number of rotatable bonds is 4. The number of hydrogen-bond donors (Lipinski definition) is 1. The van der Waals surface area contributed by atoms with Crippen molar-refractivity contribution in [1.29, 1.82) is 0 Å². The number of likely N-dealkylation sites (tertiary alicyclic amines) is 1. The normalized spacial score (nSPS) is 23.3. The van der Waals surface area contributed by atoms with Crippen molar-refractivity contribution in [1.82, 2.24) is 15.1 Å². The summed E-state index contributed by atoms with van der Waals surface area (Å²) < 4.78 is 18.7. The van der Waals surface area contributed by atoms with Gasteiger partial charge in [-0.15, -0.1) is 0 Å². The smallest absolute Gasteiger partial charge is 0.325 e. The van der Waals surface area contributed by atoms with E-state index in [0.29, 0.717) is 61.2 Å². The highest BCUT2D eigenvalue weighted by molar-refractivity contribution is 6.09. The highest BCUT2D eigenvalue weighted by Crippen LogP contribution is 2.35. The number of urea groups is 1. The van der Waals surface area contributed by atoms with Crippen LogP contribution in [0.3, 0.4) is 0 Å². The average Bonchev–Trinajstić information content (AvgIpc) is 3.36. The van der Waals surface area contributed by atoms with Gasteiger partial charge in [0.1, 0.15) is 23.4 Å². The van der Waals surface area contributed by atoms with E-state index in [-0.39, 0.29) is 35.9 Å². The van der Waals surface area contributed by atoms with Crippen LogP contribution in [0.25, 0.3) is 0 Å². The summed E-state index contributed by atoms with van der Waals surface area (Å²) in [7, 11) is 0. The standard InChI is InChI=1S/C25H26FN3O5/c1-25(23(32)29(24(33)27-25)13-15-5-7-17(26)8-6-15)16-9-11-28(12-10-16)22(31)18-14-34-20-4-2-3-19(30)21(18)20/h5-8,14,16H,2-4,9-13H2,1H3,(H,27,33)/t25-/m0/s1. The summed E-state index contributed by atoms with van der Waals surface area (Å²) >= 11 is 0. The monoisotopic (exact) mass is 467 g/mol. The van der Waals surface area contributed by atoms with Gasteiger partial charge in [-0.25, -0.2) is 9.18 Å². The van der Waals surface area contributed by atoms with Crippen LogP contribution in [0.5, 0.6) is 0 Å². The maximum Gasteiger partial charge on any atom is 0.325 e. The number of halogens is 1. The third-order valence-corrected chi connectivity index (χ3v) is 7.34. The highest BCUT2D eigenvalue weighted by Gasteiger charge is 2.53. The number of nitrogens with zero attached hydrogens (tertiary/aromatic N) is 2. The highest BCUT2D eigenvalue weighted by atomic mass is 19.1. The van der Waals surface area contributed by atoms with Gasteiger partial charge >= 0.3 is 6.03 Å². The van der Waals surface area contributed by atoms with Crippen LogP contribution in [0.15, 0.2) is 34.9 Å². The van der Waals surface area contributed by atoms with E-state index in [4.69, 9.17) is 4.42 Å². The molecule has 34 heavy (non-hydrogen) atoms. The number of Topliss-reactive ketones (excluding diaryl/α,β-unsaturated/α-hetero) is 1. The third-order valence-electron chi connectivity index (χ3n) is 7.34. The van der Waals surface area contributed by atoms with Crippen LogP contribution in [0, 0.1) is 11.7 Å². The van der Waals surface area contributed by atoms with Gasteiger partial charge in [0, 0.05) is 25.9 Å². The van der Waals surface area contributed by atoms with Gasteiger partial charge in [0.25, 0.3) is 11.8 Å². The molecule has 2 saturated heterocycles. The first kappa shape index (κ1) is 22.3. The summed E-state index contributed by atoms with van der Waals surface area (Å²) in [5, 5.41) is 2.85. The second-order valence-electron chi connectivity index (χ2n) is 9.44. The number of amides is 4. The number of imide groups is 1. The second kappa shape index (κ2) is 8.38. The third kappa shape index (κ3) is 3.69. The van der Waals surface area contributed by atoms with Crippen molar-refractivity contribution >= 4 is 23.6 Å². The maximum absolute atomic E-state index is 13.2. The predicted molar refractivity (Wildman–Crippen MR) is 118 cm³/mol. The lowest BCUT2D eigenvalue weighted by atomic mass is 9.78. The van der Waals surface area contributed by atoms with E-state index in [1.165, 1.54) is 18.4 Å². The van der Waals surface area contributed by atoms with E-state index in [9.17, 15) is 23.6 Å². The minimum absolute atomic E-state index is 0.0544. The van der Waals surface area contributed by atoms with Gasteiger partial charge < -0.3 is 14.6 Å². The SMILES string of the molecule is C[C@@]1(C2CCN(C(=O)c3coc4c3C(=O)CCC4)CC2)NC(=O)N(Cc2ccc(F)cc2)C1=O. The molecular weight excluding hydrogens is 441 g/mol. The van der Waals surface area contributed by atoms with Gasteiger partial charge in [0.05, 0.1) is 17.7 Å². The van der Waals surface area contributed by atoms with E-state index in [2.05, 4.69) is 5.32 Å². The van der Waals surface area contributed by atoms with Gasteiger partial charge in [-0.05, 0) is 49.8 Å². The zero-order chi connectivity index (χ0) is 24.0. The van der Waals surface area contributed by atoms with Gasteiger partial charge in [0.2, 0.25) is 0 Å². The van der Waals surface area contributed by atoms with Gasteiger partial charge in [-0.2, -0.15) is 0 Å². The zero-order valence-electron chi connectivity index (χ0n) is 18.9. The van der Waals surface area contributed by atoms with Crippen molar-refractivity contribution in [3.05, 3.63) is 58.8 Å². The van der Waals surface area contributed by atoms with Crippen molar-refractivity contribution in [2.45, 2.75) is 51.1 Å². The molecular formula is C25H26FN3O5. The number of ketones is 1. The molecule has 4 amide bonds. The summed E-state index contributed by atoms with van der Waals surface area (Å²) in [5.41, 5.74) is 0.324. The lowest BCUT2D eigenvalue weighted by molar-refractivity contribution is -0.133. The Bertz CT molecular complexity index is 1170. The molecule has 2 aromatic rings. The molecule has 178 valence electrons. The molecule has 1 aromatic carbocycles. The fraction of sp³-hybridized carbons (Fsp3) is 0.440. The molecule has 0 saturated carbocycles. The number of fused-ring (bicyclic) bond motifs is 1. The first-order valence-electron chi connectivity index (χ1n) is 11.6. The van der Waals surface area contributed by atoms with Crippen molar-refractivity contribution in [3.8, 4) is 0 Å². The Labute approximate surface area is 196 Å². The molecule has 0 bridgehead atoms. The Balaban J connectivity index is 1.25. The molecule has 2 aliphatic heterocycles. The first-order chi connectivity index (χ1) is 16.3. The van der Waals surface area contributed by atoms with Gasteiger partial charge in [-0.1, -0.05) is 12.1 Å². The number of nitrogens with one attached hydrogen (secondary N) is 1. The Morgan fingerprint density at radius 3 is 2.56 bits per heavy atom. The number of carbonyl (C=O) groups is 4. The quantitative estimate of drug-likeness (QED) is 0.696. The summed E-state index contributed by atoms with van der Waals surface area (Å²) in [6, 6.07) is 5.22. The predicted octanol–water partition coefficient (Wildman–Crippen LogP) is 3.30. The molecule has 5 rings (SSSR count). The molecule has 0 radical (unpaired) electrons. The maximum atomic E-state index is 13.2. The molecule has 9 heteroatoms. The Kier molecular flexibility index (Phi) is 5.50. The topological polar surface area (TPSA) is 99.9 Å². The summed E-state index contributed by atoms with van der Waals surface area (Å²) in [5.74, 6) is -0.549. The first-order valence-corrected chi connectivity index (χ1v) is 11.6. The van der Waals surface area contributed by atoms with Crippen molar-refractivity contribution in [2.24, 2.45) is 5.92 Å². The molecule has 3 heterocycles. The second-order valence-corrected chi connectivity index (χ2v) is 9.44. The van der Waals surface area contributed by atoms with Crippen LogP contribution in [0.4, 0.5) is 9.18 Å². The Morgan fingerprint density at radius 1 is 1.15 bits per heavy atom. The minimum atomic E-state index is -1.07. The number of carbonyl (C=O) groups excluding carboxylic acids is 4. The van der Waals surface area contributed by atoms with Gasteiger partial charge in [0.15, 0.2) is 5.78 Å². The average molecular weight is 467 g/mol. The van der Waals surface area contributed by atoms with Crippen LogP contribution in [0.2, 0.25) is 0 Å². The Hall–Kier alpha value is -3.49. The molecule has 1 aliphatic carbocycles. The van der Waals surface area contributed by atoms with E-state index in [1.54, 1.807) is 24.0 Å².